The van der Waals surface area contributed by atoms with Gasteiger partial charge in [-0.05, 0) is 62.6 Å². The predicted molar refractivity (Wildman–Crippen MR) is 203 cm³/mol. The highest BCUT2D eigenvalue weighted by Crippen LogP contribution is 2.36. The summed E-state index contributed by atoms with van der Waals surface area (Å²) in [6.07, 6.45) is 0. The summed E-state index contributed by atoms with van der Waals surface area (Å²) < 4.78 is 2.33. The Kier molecular flexibility index (Phi) is 6.15. The van der Waals surface area contributed by atoms with E-state index in [0.29, 0.717) is 17.5 Å². The zero-order chi connectivity index (χ0) is 32.3. The number of para-hydroxylation sites is 2. The van der Waals surface area contributed by atoms with Crippen LogP contribution in [-0.2, 0) is 0 Å². The third-order valence-electron chi connectivity index (χ3n) is 9.59. The van der Waals surface area contributed by atoms with Crippen molar-refractivity contribution in [1.29, 1.82) is 0 Å². The molecule has 2 heterocycles. The molecule has 4 heteroatoms. The number of hydrogen-bond acceptors (Lipinski definition) is 3. The van der Waals surface area contributed by atoms with Crippen LogP contribution in [-0.4, -0.2) is 19.5 Å². The second-order valence-electron chi connectivity index (χ2n) is 12.5. The van der Waals surface area contributed by atoms with Crippen LogP contribution in [0.5, 0.6) is 0 Å². The van der Waals surface area contributed by atoms with Crippen molar-refractivity contribution in [2.45, 2.75) is 0 Å². The average Bonchev–Trinajstić information content (AvgIpc) is 3.52. The number of rotatable bonds is 4. The second kappa shape index (κ2) is 11.0. The molecule has 0 aliphatic carbocycles. The molecular weight excluding hydrogens is 597 g/mol. The zero-order valence-corrected chi connectivity index (χ0v) is 26.5. The van der Waals surface area contributed by atoms with Crippen LogP contribution in [0.4, 0.5) is 0 Å². The summed E-state index contributed by atoms with van der Waals surface area (Å²) >= 11 is 0. The average molecular weight is 625 g/mol. The lowest BCUT2D eigenvalue weighted by Gasteiger charge is -2.12. The molecule has 2 aromatic heterocycles. The van der Waals surface area contributed by atoms with E-state index in [2.05, 4.69) is 156 Å². The van der Waals surface area contributed by atoms with Gasteiger partial charge >= 0.3 is 0 Å². The second-order valence-corrected chi connectivity index (χ2v) is 12.5. The van der Waals surface area contributed by atoms with Crippen molar-refractivity contribution in [3.63, 3.8) is 0 Å². The van der Waals surface area contributed by atoms with Gasteiger partial charge in [-0.1, -0.05) is 140 Å². The van der Waals surface area contributed by atoms with E-state index >= 15 is 0 Å². The Morgan fingerprint density at radius 3 is 1.59 bits per heavy atom. The van der Waals surface area contributed by atoms with Gasteiger partial charge in [0.2, 0.25) is 0 Å². The fourth-order valence-electron chi connectivity index (χ4n) is 7.31. The van der Waals surface area contributed by atoms with Crippen molar-refractivity contribution in [3.8, 4) is 39.9 Å². The predicted octanol–water partition coefficient (Wildman–Crippen LogP) is 11.4. The number of benzene rings is 8. The molecule has 10 rings (SSSR count). The van der Waals surface area contributed by atoms with E-state index < -0.39 is 0 Å². The largest absolute Gasteiger partial charge is 0.309 e. The molecule has 0 unspecified atom stereocenters. The van der Waals surface area contributed by atoms with E-state index in [1.54, 1.807) is 0 Å². The number of hydrogen-bond donors (Lipinski definition) is 0. The highest BCUT2D eigenvalue weighted by atomic mass is 15.0. The minimum Gasteiger partial charge on any atom is -0.309 e. The number of aromatic nitrogens is 4. The first kappa shape index (κ1) is 27.5. The van der Waals surface area contributed by atoms with Crippen LogP contribution in [0, 0.1) is 0 Å². The Labute approximate surface area is 282 Å². The van der Waals surface area contributed by atoms with Crippen molar-refractivity contribution < 1.29 is 0 Å². The van der Waals surface area contributed by atoms with Gasteiger partial charge in [0.05, 0.1) is 11.0 Å². The molecule has 0 saturated heterocycles. The van der Waals surface area contributed by atoms with Gasteiger partial charge in [0.15, 0.2) is 17.5 Å². The van der Waals surface area contributed by atoms with E-state index in [4.69, 9.17) is 15.0 Å². The normalized spacial score (nSPS) is 11.7. The van der Waals surface area contributed by atoms with Crippen LogP contribution >= 0.6 is 0 Å². The van der Waals surface area contributed by atoms with Crippen molar-refractivity contribution in [2.24, 2.45) is 0 Å². The van der Waals surface area contributed by atoms with Crippen LogP contribution in [0.3, 0.4) is 0 Å². The summed E-state index contributed by atoms with van der Waals surface area (Å²) in [7, 11) is 0. The van der Waals surface area contributed by atoms with E-state index in [-0.39, 0.29) is 0 Å². The smallest absolute Gasteiger partial charge is 0.164 e. The van der Waals surface area contributed by atoms with E-state index in [9.17, 15) is 0 Å². The monoisotopic (exact) mass is 624 g/mol. The van der Waals surface area contributed by atoms with Crippen molar-refractivity contribution in [3.05, 3.63) is 170 Å². The fraction of sp³-hybridized carbons (Fsp3) is 0. The van der Waals surface area contributed by atoms with Crippen LogP contribution in [0.25, 0.3) is 94.0 Å². The standard InChI is InChI=1S/C45H28N4/c1-2-12-31(13-3-1)43-46-44(33-14-10-15-35(28-33)49-40-19-8-6-17-38(40)39-18-7-9-20-41(39)49)48-45(47-43)34-25-26-37-32(27-34)24-23-30-22-21-29-11-4-5-16-36(29)42(30)37/h1-28H. The molecule has 0 atom stereocenters. The highest BCUT2D eigenvalue weighted by Gasteiger charge is 2.16. The molecule has 49 heavy (non-hydrogen) atoms. The molecule has 0 N–H and O–H groups in total. The maximum absolute atomic E-state index is 5.13. The quantitative estimate of drug-likeness (QED) is 0.183. The van der Waals surface area contributed by atoms with E-state index in [1.165, 1.54) is 48.7 Å². The molecule has 0 spiro atoms. The highest BCUT2D eigenvalue weighted by molar-refractivity contribution is 6.20. The van der Waals surface area contributed by atoms with Crippen LogP contribution in [0.2, 0.25) is 0 Å². The van der Waals surface area contributed by atoms with E-state index in [0.717, 1.165) is 27.8 Å². The number of fused-ring (bicyclic) bond motifs is 8. The molecule has 10 aromatic rings. The molecule has 228 valence electrons. The Morgan fingerprint density at radius 2 is 0.857 bits per heavy atom. The van der Waals surface area contributed by atoms with Crippen molar-refractivity contribution in [2.75, 3.05) is 0 Å². The molecule has 4 nitrogen and oxygen atoms in total. The Morgan fingerprint density at radius 1 is 0.327 bits per heavy atom. The summed E-state index contributed by atoms with van der Waals surface area (Å²) in [6.45, 7) is 0. The van der Waals surface area contributed by atoms with Crippen molar-refractivity contribution in [1.82, 2.24) is 19.5 Å². The summed E-state index contributed by atoms with van der Waals surface area (Å²) in [6, 6.07) is 59.8. The lowest BCUT2D eigenvalue weighted by molar-refractivity contribution is 1.07. The summed E-state index contributed by atoms with van der Waals surface area (Å²) in [5, 5.41) is 9.83. The summed E-state index contributed by atoms with van der Waals surface area (Å²) in [5.41, 5.74) is 6.22. The Hall–Kier alpha value is -6.65. The first-order valence-electron chi connectivity index (χ1n) is 16.5. The molecule has 0 bridgehead atoms. The molecular formula is C45H28N4. The molecule has 0 radical (unpaired) electrons. The van der Waals surface area contributed by atoms with Gasteiger partial charge in [-0.3, -0.25) is 0 Å². The van der Waals surface area contributed by atoms with Gasteiger partial charge in [-0.25, -0.2) is 15.0 Å². The molecule has 0 saturated carbocycles. The SMILES string of the molecule is c1ccc(-c2nc(-c3cccc(-n4c5ccccc5c5ccccc54)c3)nc(-c3ccc4c(ccc5ccc6ccccc6c54)c3)n2)cc1. The fourth-order valence-corrected chi connectivity index (χ4v) is 7.31. The van der Waals surface area contributed by atoms with Gasteiger partial charge < -0.3 is 4.57 Å². The third-order valence-corrected chi connectivity index (χ3v) is 9.59. The first-order valence-corrected chi connectivity index (χ1v) is 16.5. The van der Waals surface area contributed by atoms with Crippen LogP contribution in [0.1, 0.15) is 0 Å². The molecule has 8 aromatic carbocycles. The van der Waals surface area contributed by atoms with Gasteiger partial charge in [0.25, 0.3) is 0 Å². The van der Waals surface area contributed by atoms with Gasteiger partial charge in [0, 0.05) is 33.2 Å². The molecule has 0 amide bonds. The maximum atomic E-state index is 5.13. The lowest BCUT2D eigenvalue weighted by Crippen LogP contribution is -2.01. The molecule has 0 fully saturated rings. The van der Waals surface area contributed by atoms with Gasteiger partial charge in [-0.15, -0.1) is 0 Å². The molecule has 0 aliphatic heterocycles. The Balaban J connectivity index is 1.16. The maximum Gasteiger partial charge on any atom is 0.164 e. The van der Waals surface area contributed by atoms with Crippen molar-refractivity contribution >= 4 is 54.1 Å². The first-order chi connectivity index (χ1) is 24.3. The van der Waals surface area contributed by atoms with Gasteiger partial charge in [0.1, 0.15) is 0 Å². The van der Waals surface area contributed by atoms with Gasteiger partial charge in [-0.2, -0.15) is 0 Å². The minimum absolute atomic E-state index is 0.635. The van der Waals surface area contributed by atoms with Crippen LogP contribution < -0.4 is 0 Å². The lowest BCUT2D eigenvalue weighted by atomic mass is 9.95. The minimum atomic E-state index is 0.635. The Bertz CT molecular complexity index is 2830. The molecule has 0 aliphatic rings. The summed E-state index contributed by atoms with van der Waals surface area (Å²) in [5.74, 6) is 1.93. The third kappa shape index (κ3) is 4.49. The van der Waals surface area contributed by atoms with Crippen LogP contribution in [0.15, 0.2) is 170 Å². The number of nitrogens with zero attached hydrogens (tertiary/aromatic N) is 4. The summed E-state index contributed by atoms with van der Waals surface area (Å²) in [4.78, 5) is 15.2. The van der Waals surface area contributed by atoms with E-state index in [1.807, 2.05) is 18.2 Å². The topological polar surface area (TPSA) is 43.6 Å². The zero-order valence-electron chi connectivity index (χ0n) is 26.5.